The van der Waals surface area contributed by atoms with Gasteiger partial charge in [-0.05, 0) is 18.9 Å². The van der Waals surface area contributed by atoms with Gasteiger partial charge in [0.05, 0.1) is 5.60 Å². The fraction of sp³-hybridized carbons (Fsp3) is 0.455. The van der Waals surface area contributed by atoms with Gasteiger partial charge in [0.15, 0.2) is 0 Å². The number of phenols is 1. The van der Waals surface area contributed by atoms with Gasteiger partial charge in [0, 0.05) is 5.56 Å². The van der Waals surface area contributed by atoms with Gasteiger partial charge in [0.2, 0.25) is 0 Å². The summed E-state index contributed by atoms with van der Waals surface area (Å²) in [5.41, 5.74) is -0.259. The first kappa shape index (κ1) is 10.1. The average molecular weight is 180 g/mol. The standard InChI is InChI=1S/C11H16O2/c1-3-11(13,4-2)9-7-5-6-8-10(9)12/h5-8,12-13H,3-4H2,1-2H3. The Bertz CT molecular complexity index is 277. The van der Waals surface area contributed by atoms with E-state index in [9.17, 15) is 10.2 Å². The van der Waals surface area contributed by atoms with E-state index in [0.717, 1.165) is 0 Å². The number of benzene rings is 1. The molecule has 0 aliphatic rings. The fourth-order valence-electron chi connectivity index (χ4n) is 1.50. The average Bonchev–Trinajstić information content (AvgIpc) is 2.17. The number of hydrogen-bond acceptors (Lipinski definition) is 2. The first-order valence-electron chi connectivity index (χ1n) is 4.65. The van der Waals surface area contributed by atoms with Crippen molar-refractivity contribution in [1.29, 1.82) is 0 Å². The minimum atomic E-state index is -0.884. The first-order chi connectivity index (χ1) is 6.14. The van der Waals surface area contributed by atoms with Crippen LogP contribution in [0.3, 0.4) is 0 Å². The topological polar surface area (TPSA) is 40.5 Å². The number of para-hydroxylation sites is 1. The maximum Gasteiger partial charge on any atom is 0.121 e. The van der Waals surface area contributed by atoms with Crippen molar-refractivity contribution in [2.75, 3.05) is 0 Å². The van der Waals surface area contributed by atoms with E-state index in [1.807, 2.05) is 19.9 Å². The van der Waals surface area contributed by atoms with Crippen molar-refractivity contribution >= 4 is 0 Å². The Morgan fingerprint density at radius 2 is 1.69 bits per heavy atom. The lowest BCUT2D eigenvalue weighted by Crippen LogP contribution is -2.23. The van der Waals surface area contributed by atoms with Crippen molar-refractivity contribution in [3.05, 3.63) is 29.8 Å². The van der Waals surface area contributed by atoms with Gasteiger partial charge < -0.3 is 10.2 Å². The predicted molar refractivity (Wildman–Crippen MR) is 52.6 cm³/mol. The van der Waals surface area contributed by atoms with Gasteiger partial charge >= 0.3 is 0 Å². The molecule has 0 unspecified atom stereocenters. The molecule has 13 heavy (non-hydrogen) atoms. The molecule has 0 bridgehead atoms. The van der Waals surface area contributed by atoms with Crippen molar-refractivity contribution in [2.45, 2.75) is 32.3 Å². The molecule has 0 saturated heterocycles. The Morgan fingerprint density at radius 3 is 2.15 bits per heavy atom. The van der Waals surface area contributed by atoms with Crippen molar-refractivity contribution in [3.8, 4) is 5.75 Å². The number of phenolic OH excluding ortho intramolecular Hbond substituents is 1. The minimum Gasteiger partial charge on any atom is -0.508 e. The number of hydrogen-bond donors (Lipinski definition) is 2. The highest BCUT2D eigenvalue weighted by molar-refractivity contribution is 5.36. The smallest absolute Gasteiger partial charge is 0.121 e. The second kappa shape index (κ2) is 3.79. The zero-order chi connectivity index (χ0) is 9.90. The predicted octanol–water partition coefficient (Wildman–Crippen LogP) is 2.40. The van der Waals surface area contributed by atoms with E-state index in [4.69, 9.17) is 0 Å². The summed E-state index contributed by atoms with van der Waals surface area (Å²) in [6.07, 6.45) is 1.22. The Hall–Kier alpha value is -1.02. The van der Waals surface area contributed by atoms with Crippen LogP contribution in [-0.2, 0) is 5.60 Å². The summed E-state index contributed by atoms with van der Waals surface area (Å²) in [7, 11) is 0. The Balaban J connectivity index is 3.12. The highest BCUT2D eigenvalue weighted by Crippen LogP contribution is 2.33. The Kier molecular flexibility index (Phi) is 2.94. The summed E-state index contributed by atoms with van der Waals surface area (Å²) >= 11 is 0. The first-order valence-corrected chi connectivity index (χ1v) is 4.65. The third kappa shape index (κ3) is 1.83. The third-order valence-electron chi connectivity index (χ3n) is 2.58. The van der Waals surface area contributed by atoms with Gasteiger partial charge in [-0.3, -0.25) is 0 Å². The zero-order valence-electron chi connectivity index (χ0n) is 8.12. The Morgan fingerprint density at radius 1 is 1.15 bits per heavy atom. The van der Waals surface area contributed by atoms with Gasteiger partial charge in [0.25, 0.3) is 0 Å². The normalized spacial score (nSPS) is 11.6. The van der Waals surface area contributed by atoms with Crippen LogP contribution in [0.2, 0.25) is 0 Å². The molecule has 2 heteroatoms. The van der Waals surface area contributed by atoms with E-state index in [1.165, 1.54) is 0 Å². The molecule has 0 saturated carbocycles. The molecule has 0 spiro atoms. The molecule has 1 rings (SSSR count). The molecule has 0 aliphatic heterocycles. The van der Waals surface area contributed by atoms with E-state index in [1.54, 1.807) is 18.2 Å². The molecule has 0 aliphatic carbocycles. The lowest BCUT2D eigenvalue weighted by Gasteiger charge is -2.26. The van der Waals surface area contributed by atoms with Crippen molar-refractivity contribution in [2.24, 2.45) is 0 Å². The summed E-state index contributed by atoms with van der Waals surface area (Å²) in [6, 6.07) is 6.95. The lowest BCUT2D eigenvalue weighted by molar-refractivity contribution is 0.0261. The number of rotatable bonds is 3. The van der Waals surface area contributed by atoms with Crippen LogP contribution in [-0.4, -0.2) is 10.2 Å². The van der Waals surface area contributed by atoms with E-state index in [-0.39, 0.29) is 5.75 Å². The van der Waals surface area contributed by atoms with Gasteiger partial charge in [-0.15, -0.1) is 0 Å². The number of aromatic hydroxyl groups is 1. The second-order valence-electron chi connectivity index (χ2n) is 3.26. The van der Waals surface area contributed by atoms with Crippen molar-refractivity contribution in [3.63, 3.8) is 0 Å². The molecule has 0 heterocycles. The van der Waals surface area contributed by atoms with Crippen molar-refractivity contribution in [1.82, 2.24) is 0 Å². The quantitative estimate of drug-likeness (QED) is 0.749. The van der Waals surface area contributed by atoms with Crippen LogP contribution in [0.15, 0.2) is 24.3 Å². The molecule has 0 atom stereocenters. The van der Waals surface area contributed by atoms with Crippen LogP contribution in [0.1, 0.15) is 32.3 Å². The van der Waals surface area contributed by atoms with Crippen LogP contribution in [0.5, 0.6) is 5.75 Å². The SMILES string of the molecule is CCC(O)(CC)c1ccccc1O. The molecule has 2 N–H and O–H groups in total. The van der Waals surface area contributed by atoms with E-state index in [2.05, 4.69) is 0 Å². The maximum atomic E-state index is 10.1. The molecule has 1 aromatic carbocycles. The van der Waals surface area contributed by atoms with E-state index >= 15 is 0 Å². The van der Waals surface area contributed by atoms with Gasteiger partial charge in [-0.2, -0.15) is 0 Å². The lowest BCUT2D eigenvalue weighted by atomic mass is 9.88. The van der Waals surface area contributed by atoms with Crippen LogP contribution < -0.4 is 0 Å². The van der Waals surface area contributed by atoms with E-state index in [0.29, 0.717) is 18.4 Å². The van der Waals surface area contributed by atoms with Gasteiger partial charge in [-0.1, -0.05) is 32.0 Å². The highest BCUT2D eigenvalue weighted by Gasteiger charge is 2.27. The van der Waals surface area contributed by atoms with Gasteiger partial charge in [-0.25, -0.2) is 0 Å². The van der Waals surface area contributed by atoms with Crippen LogP contribution in [0, 0.1) is 0 Å². The van der Waals surface area contributed by atoms with Crippen LogP contribution in [0.4, 0.5) is 0 Å². The van der Waals surface area contributed by atoms with Crippen LogP contribution in [0.25, 0.3) is 0 Å². The largest absolute Gasteiger partial charge is 0.508 e. The summed E-state index contributed by atoms with van der Waals surface area (Å²) in [5, 5.41) is 19.7. The Labute approximate surface area is 78.8 Å². The van der Waals surface area contributed by atoms with Crippen LogP contribution >= 0.6 is 0 Å². The molecule has 0 aromatic heterocycles. The maximum absolute atomic E-state index is 10.1. The second-order valence-corrected chi connectivity index (χ2v) is 3.26. The van der Waals surface area contributed by atoms with E-state index < -0.39 is 5.60 Å². The summed E-state index contributed by atoms with van der Waals surface area (Å²) in [5.74, 6) is 0.175. The molecule has 2 nitrogen and oxygen atoms in total. The summed E-state index contributed by atoms with van der Waals surface area (Å²) < 4.78 is 0. The molecule has 0 amide bonds. The summed E-state index contributed by atoms with van der Waals surface area (Å²) in [4.78, 5) is 0. The zero-order valence-corrected chi connectivity index (χ0v) is 8.12. The van der Waals surface area contributed by atoms with Gasteiger partial charge in [0.1, 0.15) is 5.75 Å². The highest BCUT2D eigenvalue weighted by atomic mass is 16.3. The fourth-order valence-corrected chi connectivity index (χ4v) is 1.50. The molecule has 72 valence electrons. The molecular formula is C11H16O2. The molecule has 0 radical (unpaired) electrons. The molecular weight excluding hydrogens is 164 g/mol. The molecule has 0 fully saturated rings. The summed E-state index contributed by atoms with van der Waals surface area (Å²) in [6.45, 7) is 3.83. The number of aliphatic hydroxyl groups is 1. The molecule has 1 aromatic rings. The minimum absolute atomic E-state index is 0.175. The third-order valence-corrected chi connectivity index (χ3v) is 2.58. The van der Waals surface area contributed by atoms with Crippen molar-refractivity contribution < 1.29 is 10.2 Å². The monoisotopic (exact) mass is 180 g/mol.